The lowest BCUT2D eigenvalue weighted by molar-refractivity contribution is -0.284. The van der Waals surface area contributed by atoms with Crippen LogP contribution in [0.4, 0.5) is 0 Å². The highest BCUT2D eigenvalue weighted by Crippen LogP contribution is 2.50. The molecule has 0 radical (unpaired) electrons. The first-order valence-corrected chi connectivity index (χ1v) is 34.5. The highest BCUT2D eigenvalue weighted by atomic mass is 29.3. The fourth-order valence-electron chi connectivity index (χ4n) is 5.51. The Labute approximate surface area is 274 Å². The minimum Gasteiger partial charge on any atom is -0.463 e. The van der Waals surface area contributed by atoms with Crippen LogP contribution in [-0.2, 0) is 40.6 Å². The van der Waals surface area contributed by atoms with Crippen molar-refractivity contribution in [2.75, 3.05) is 0 Å². The molecule has 1 aliphatic heterocycles. The van der Waals surface area contributed by atoms with E-state index in [1.54, 1.807) is 13.8 Å². The maximum Gasteiger partial charge on any atom is 0.462 e. The van der Waals surface area contributed by atoms with Crippen molar-refractivity contribution in [1.82, 2.24) is 0 Å². The normalized spacial score (nSPS) is 22.1. The van der Waals surface area contributed by atoms with Crippen LogP contribution in [0, 0.1) is 0 Å². The molecule has 9 nitrogen and oxygen atoms in total. The Balaban J connectivity index is 4.41. The number of ether oxygens (including phenoxy) is 2. The van der Waals surface area contributed by atoms with Crippen LogP contribution in [0.5, 0.6) is 0 Å². The predicted molar refractivity (Wildman–Crippen MR) is 192 cm³/mol. The van der Waals surface area contributed by atoms with Crippen molar-refractivity contribution in [1.29, 1.82) is 0 Å². The second kappa shape index (κ2) is 14.7. The van der Waals surface area contributed by atoms with Crippen LogP contribution < -0.4 is 0 Å². The second-order valence-corrected chi connectivity index (χ2v) is 44.7. The molecule has 15 heteroatoms. The van der Waals surface area contributed by atoms with Gasteiger partial charge < -0.3 is 31.0 Å². The number of rotatable bonds is 16. The van der Waals surface area contributed by atoms with Crippen LogP contribution in [-0.4, -0.2) is 78.5 Å². The van der Waals surface area contributed by atoms with Crippen molar-refractivity contribution < 1.29 is 40.6 Å². The molecule has 0 spiro atoms. The van der Waals surface area contributed by atoms with Gasteiger partial charge in [-0.1, -0.05) is 27.0 Å². The Hall–Kier alpha value is -0.479. The Morgan fingerprint density at radius 1 is 0.705 bits per heavy atom. The molecule has 1 rings (SSSR count). The molecule has 0 saturated carbocycles. The number of hydrogen-bond acceptors (Lipinski definition) is 9. The number of carbonyl (C=O) groups excluding carboxylic acids is 2. The molecule has 0 N–H and O–H groups in total. The van der Waals surface area contributed by atoms with Crippen LogP contribution in [0.3, 0.4) is 0 Å². The molecule has 1 heterocycles. The van der Waals surface area contributed by atoms with Crippen molar-refractivity contribution in [3.63, 3.8) is 0 Å². The summed E-state index contributed by atoms with van der Waals surface area (Å²) in [6, 6.07) is 0.493. The molecule has 2 unspecified atom stereocenters. The predicted octanol–water partition coefficient (Wildman–Crippen LogP) is 7.81. The monoisotopic (exact) mass is 722 g/mol. The fourth-order valence-corrected chi connectivity index (χ4v) is 37.8. The fraction of sp³-hybridized carbons (Fsp3) is 0.793. The highest BCUT2D eigenvalue weighted by Gasteiger charge is 2.78. The minimum atomic E-state index is -4.00. The van der Waals surface area contributed by atoms with Crippen molar-refractivity contribution in [2.24, 2.45) is 0 Å². The topological polar surface area (TPSA) is 98.8 Å². The molecule has 0 aromatic carbocycles. The third-order valence-electron chi connectivity index (χ3n) is 6.60. The summed E-state index contributed by atoms with van der Waals surface area (Å²) >= 11 is 0. The minimum absolute atomic E-state index is 0.291. The molecule has 2 atom stereocenters. The van der Waals surface area contributed by atoms with E-state index in [-0.39, 0.29) is 0 Å². The first kappa shape index (κ1) is 41.5. The summed E-state index contributed by atoms with van der Waals surface area (Å²) in [7, 11) is -16.9. The van der Waals surface area contributed by atoms with Gasteiger partial charge in [0.25, 0.3) is 5.97 Å². The Morgan fingerprint density at radius 3 is 1.30 bits per heavy atom. The maximum atomic E-state index is 13.3. The van der Waals surface area contributed by atoms with Crippen LogP contribution in [0.2, 0.25) is 84.6 Å². The molecule has 1 fully saturated rings. The Bertz CT molecular complexity index is 986. The molecule has 0 aromatic heterocycles. The molecular formula is C29H62O9Si6. The highest BCUT2D eigenvalue weighted by molar-refractivity contribution is 7.38. The van der Waals surface area contributed by atoms with E-state index in [1.807, 2.05) is 13.8 Å². The summed E-state index contributed by atoms with van der Waals surface area (Å²) in [5, 5.41) is 0. The van der Waals surface area contributed by atoms with Crippen LogP contribution in [0.1, 0.15) is 47.0 Å². The Morgan fingerprint density at radius 2 is 1.05 bits per heavy atom. The summed E-state index contributed by atoms with van der Waals surface area (Å²) in [6.45, 7) is 40.2. The molecule has 0 amide bonds. The lowest BCUT2D eigenvalue weighted by atomic mass is 10.4. The zero-order valence-corrected chi connectivity index (χ0v) is 36.6. The van der Waals surface area contributed by atoms with E-state index in [0.29, 0.717) is 36.5 Å². The van der Waals surface area contributed by atoms with Gasteiger partial charge in [0.15, 0.2) is 33.3 Å². The lowest BCUT2D eigenvalue weighted by Gasteiger charge is -2.60. The van der Waals surface area contributed by atoms with Crippen LogP contribution in [0.25, 0.3) is 0 Å². The third-order valence-corrected chi connectivity index (χ3v) is 29.9. The zero-order valence-electron chi connectivity index (χ0n) is 30.6. The summed E-state index contributed by atoms with van der Waals surface area (Å²) in [6.07, 6.45) is 1.30. The van der Waals surface area contributed by atoms with E-state index in [2.05, 4.69) is 91.7 Å². The smallest absolute Gasteiger partial charge is 0.462 e. The van der Waals surface area contributed by atoms with E-state index in [4.69, 9.17) is 31.0 Å². The van der Waals surface area contributed by atoms with Crippen molar-refractivity contribution in [2.45, 2.75) is 149 Å². The Kier molecular flexibility index (Phi) is 13.9. The molecule has 0 aromatic rings. The van der Waals surface area contributed by atoms with Crippen LogP contribution >= 0.6 is 0 Å². The zero-order chi connectivity index (χ0) is 34.7. The van der Waals surface area contributed by atoms with Crippen molar-refractivity contribution in [3.05, 3.63) is 24.3 Å². The summed E-state index contributed by atoms with van der Waals surface area (Å²) in [4.78, 5) is 26.5. The van der Waals surface area contributed by atoms with Gasteiger partial charge in [0.05, 0.1) is 0 Å². The van der Waals surface area contributed by atoms with Crippen molar-refractivity contribution >= 4 is 61.1 Å². The molecule has 0 aliphatic carbocycles. The van der Waals surface area contributed by atoms with Gasteiger partial charge in [-0.05, 0) is 111 Å². The third kappa shape index (κ3) is 11.3. The van der Waals surface area contributed by atoms with E-state index in [9.17, 15) is 9.59 Å². The first-order chi connectivity index (χ1) is 19.6. The van der Waals surface area contributed by atoms with E-state index in [1.165, 1.54) is 0 Å². The van der Waals surface area contributed by atoms with E-state index in [0.717, 1.165) is 0 Å². The van der Waals surface area contributed by atoms with Gasteiger partial charge in [-0.25, -0.2) is 9.59 Å². The number of esters is 2. The van der Waals surface area contributed by atoms with E-state index >= 15 is 0 Å². The summed E-state index contributed by atoms with van der Waals surface area (Å²) in [5.41, 5.74) is -0.713. The van der Waals surface area contributed by atoms with Gasteiger partial charge in [0, 0.05) is 17.6 Å². The number of carbonyl (C=O) groups is 2. The quantitative estimate of drug-likeness (QED) is 0.0684. The van der Waals surface area contributed by atoms with Gasteiger partial charge >= 0.3 is 20.3 Å². The average Bonchev–Trinajstić information content (AvgIpc) is 2.76. The maximum absolute atomic E-state index is 13.3. The molecule has 0 bridgehead atoms. The lowest BCUT2D eigenvalue weighted by Crippen LogP contribution is -2.86. The summed E-state index contributed by atoms with van der Waals surface area (Å²) < 4.78 is 48.7. The van der Waals surface area contributed by atoms with Gasteiger partial charge in [0.1, 0.15) is 11.5 Å². The first-order valence-electron chi connectivity index (χ1n) is 15.8. The second-order valence-electron chi connectivity index (χ2n) is 15.9. The van der Waals surface area contributed by atoms with Crippen LogP contribution in [0.15, 0.2) is 24.3 Å². The van der Waals surface area contributed by atoms with Gasteiger partial charge in [-0.15, -0.1) is 0 Å². The largest absolute Gasteiger partial charge is 0.463 e. The van der Waals surface area contributed by atoms with E-state index < -0.39 is 78.5 Å². The SMILES string of the molecule is C=C(C)C(=O)OC(CC)[Si]1(C(CC)OC(=O)C(=C)C)CCC(O[Si](C)(C)C)(O[Si](C)(C)C)O[Si]1(O[Si](C)(C)C)O[Si](C)(C)C. The molecular weight excluding hydrogens is 661 g/mol. The van der Waals surface area contributed by atoms with Gasteiger partial charge in [-0.2, -0.15) is 0 Å². The van der Waals surface area contributed by atoms with Gasteiger partial charge in [-0.3, -0.25) is 0 Å². The molecule has 1 aliphatic rings. The summed E-state index contributed by atoms with van der Waals surface area (Å²) in [5.74, 6) is -2.39. The average molecular weight is 723 g/mol. The standard InChI is InChI=1S/C29H62O9Si6/c1-19-25(32-27(30)23(3)4)43(26(20-2)33-28(31)24(5)6)22-21-29(34-39(7,8)9,35-40(10,11)12)36-44(43,37-41(13,14)15)38-42(16,17)18/h25-26H,3,5,19-22H2,1-2,4,6-18H3. The molecule has 44 heavy (non-hydrogen) atoms. The molecule has 256 valence electrons. The van der Waals surface area contributed by atoms with Crippen molar-refractivity contribution in [3.8, 4) is 0 Å². The van der Waals surface area contributed by atoms with Gasteiger partial charge in [0.2, 0.25) is 7.59 Å². The molecule has 1 saturated heterocycles. The number of hydrogen-bond donors (Lipinski definition) is 0.